The lowest BCUT2D eigenvalue weighted by molar-refractivity contribution is 0.0603. The number of aromatic hydroxyl groups is 1. The molecule has 5 nitrogen and oxygen atoms in total. The Balaban J connectivity index is 1.99. The van der Waals surface area contributed by atoms with E-state index in [1.54, 1.807) is 18.2 Å². The maximum atomic E-state index is 12.2. The number of rotatable bonds is 4. The second kappa shape index (κ2) is 6.96. The lowest BCUT2D eigenvalue weighted by Crippen LogP contribution is -2.03. The minimum absolute atomic E-state index is 0.140. The van der Waals surface area contributed by atoms with Crippen molar-refractivity contribution >= 4 is 17.0 Å². The molecule has 0 atom stereocenters. The SMILES string of the molecule is COC(=O)c1cccc2c1nc(-c1ccccc1O)n2Cc1ccccc1. The number of imidazole rings is 1. The Morgan fingerprint density at radius 2 is 1.74 bits per heavy atom. The van der Waals surface area contributed by atoms with Crippen molar-refractivity contribution in [2.75, 3.05) is 7.11 Å². The normalized spacial score (nSPS) is 10.9. The fourth-order valence-electron chi connectivity index (χ4n) is 3.22. The second-order valence-corrected chi connectivity index (χ2v) is 6.19. The van der Waals surface area contributed by atoms with E-state index in [-0.39, 0.29) is 5.75 Å². The maximum absolute atomic E-state index is 12.2. The molecule has 1 heterocycles. The van der Waals surface area contributed by atoms with Gasteiger partial charge in [0.1, 0.15) is 17.1 Å². The van der Waals surface area contributed by atoms with Gasteiger partial charge >= 0.3 is 5.97 Å². The summed E-state index contributed by atoms with van der Waals surface area (Å²) in [4.78, 5) is 16.9. The Hall–Kier alpha value is -3.60. The predicted octanol–water partition coefficient (Wildman–Crippen LogP) is 4.24. The molecule has 3 aromatic carbocycles. The molecule has 4 aromatic rings. The van der Waals surface area contributed by atoms with Crippen LogP contribution in [0.2, 0.25) is 0 Å². The lowest BCUT2D eigenvalue weighted by atomic mass is 10.1. The highest BCUT2D eigenvalue weighted by atomic mass is 16.5. The maximum Gasteiger partial charge on any atom is 0.340 e. The van der Waals surface area contributed by atoms with Gasteiger partial charge in [-0.1, -0.05) is 48.5 Å². The number of para-hydroxylation sites is 2. The van der Waals surface area contributed by atoms with Crippen molar-refractivity contribution in [1.82, 2.24) is 9.55 Å². The largest absolute Gasteiger partial charge is 0.507 e. The number of esters is 1. The molecule has 0 fully saturated rings. The van der Waals surface area contributed by atoms with Crippen LogP contribution in [0.15, 0.2) is 72.8 Å². The van der Waals surface area contributed by atoms with Crippen LogP contribution < -0.4 is 0 Å². The summed E-state index contributed by atoms with van der Waals surface area (Å²) in [7, 11) is 1.35. The molecule has 0 radical (unpaired) electrons. The van der Waals surface area contributed by atoms with Crippen LogP contribution in [0.25, 0.3) is 22.4 Å². The topological polar surface area (TPSA) is 64.3 Å². The van der Waals surface area contributed by atoms with Crippen LogP contribution in [0, 0.1) is 0 Å². The van der Waals surface area contributed by atoms with Crippen molar-refractivity contribution < 1.29 is 14.6 Å². The van der Waals surface area contributed by atoms with E-state index in [1.807, 2.05) is 59.2 Å². The summed E-state index contributed by atoms with van der Waals surface area (Å²) in [5, 5.41) is 10.4. The summed E-state index contributed by atoms with van der Waals surface area (Å²) in [6, 6.07) is 22.5. The zero-order chi connectivity index (χ0) is 18.8. The van der Waals surface area contributed by atoms with Crippen molar-refractivity contribution in [3.63, 3.8) is 0 Å². The van der Waals surface area contributed by atoms with Gasteiger partial charge in [-0.05, 0) is 29.8 Å². The summed E-state index contributed by atoms with van der Waals surface area (Å²) in [5.74, 6) is 0.304. The first-order valence-electron chi connectivity index (χ1n) is 8.59. The molecule has 5 heteroatoms. The molecule has 0 aliphatic carbocycles. The van der Waals surface area contributed by atoms with Crippen molar-refractivity contribution in [3.8, 4) is 17.1 Å². The molecule has 0 saturated carbocycles. The van der Waals surface area contributed by atoms with Crippen molar-refractivity contribution in [1.29, 1.82) is 0 Å². The van der Waals surface area contributed by atoms with E-state index < -0.39 is 5.97 Å². The number of phenolic OH excluding ortho intramolecular Hbond substituents is 1. The molecular formula is C22H18N2O3. The minimum atomic E-state index is -0.436. The van der Waals surface area contributed by atoms with Crippen LogP contribution >= 0.6 is 0 Å². The molecule has 0 unspecified atom stereocenters. The smallest absolute Gasteiger partial charge is 0.340 e. The van der Waals surface area contributed by atoms with Crippen LogP contribution in [0.1, 0.15) is 15.9 Å². The molecule has 0 bridgehead atoms. The molecule has 0 saturated heterocycles. The summed E-state index contributed by atoms with van der Waals surface area (Å²) in [5.41, 5.74) is 3.47. The average Bonchev–Trinajstić information content (AvgIpc) is 3.07. The van der Waals surface area contributed by atoms with Gasteiger partial charge in [0.25, 0.3) is 0 Å². The first kappa shape index (κ1) is 16.8. The van der Waals surface area contributed by atoms with E-state index in [4.69, 9.17) is 9.72 Å². The van der Waals surface area contributed by atoms with E-state index in [1.165, 1.54) is 7.11 Å². The van der Waals surface area contributed by atoms with Crippen LogP contribution in [0.5, 0.6) is 5.75 Å². The number of nitrogens with zero attached hydrogens (tertiary/aromatic N) is 2. The molecule has 0 spiro atoms. The summed E-state index contributed by atoms with van der Waals surface area (Å²) >= 11 is 0. The van der Waals surface area contributed by atoms with Crippen molar-refractivity contribution in [2.24, 2.45) is 0 Å². The van der Waals surface area contributed by atoms with Gasteiger partial charge in [-0.25, -0.2) is 9.78 Å². The first-order chi connectivity index (χ1) is 13.2. The standard InChI is InChI=1S/C22H18N2O3/c1-27-22(26)17-11-7-12-18-20(17)23-21(16-10-5-6-13-19(16)25)24(18)14-15-8-3-2-4-9-15/h2-13,25H,14H2,1H3. The molecule has 0 aliphatic heterocycles. The summed E-state index contributed by atoms with van der Waals surface area (Å²) < 4.78 is 6.91. The average molecular weight is 358 g/mol. The van der Waals surface area contributed by atoms with E-state index in [2.05, 4.69) is 0 Å². The van der Waals surface area contributed by atoms with Gasteiger partial charge in [0.15, 0.2) is 0 Å². The van der Waals surface area contributed by atoms with Gasteiger partial charge < -0.3 is 14.4 Å². The third-order valence-corrected chi connectivity index (χ3v) is 4.51. The molecule has 1 aromatic heterocycles. The molecule has 0 aliphatic rings. The molecule has 27 heavy (non-hydrogen) atoms. The minimum Gasteiger partial charge on any atom is -0.507 e. The third-order valence-electron chi connectivity index (χ3n) is 4.51. The number of benzene rings is 3. The van der Waals surface area contributed by atoms with Crippen LogP contribution in [-0.4, -0.2) is 27.7 Å². The monoisotopic (exact) mass is 358 g/mol. The Morgan fingerprint density at radius 3 is 2.48 bits per heavy atom. The number of ether oxygens (including phenoxy) is 1. The van der Waals surface area contributed by atoms with Gasteiger partial charge in [0.05, 0.1) is 23.8 Å². The second-order valence-electron chi connectivity index (χ2n) is 6.19. The number of methoxy groups -OCH3 is 1. The third kappa shape index (κ3) is 3.04. The van der Waals surface area contributed by atoms with Crippen molar-refractivity contribution in [2.45, 2.75) is 6.54 Å². The van der Waals surface area contributed by atoms with E-state index >= 15 is 0 Å². The molecule has 0 amide bonds. The molecule has 4 rings (SSSR count). The highest BCUT2D eigenvalue weighted by molar-refractivity contribution is 6.03. The number of aromatic nitrogens is 2. The molecule has 1 N–H and O–H groups in total. The van der Waals surface area contributed by atoms with Gasteiger partial charge in [0.2, 0.25) is 0 Å². The zero-order valence-corrected chi connectivity index (χ0v) is 14.8. The van der Waals surface area contributed by atoms with Crippen molar-refractivity contribution in [3.05, 3.63) is 83.9 Å². The van der Waals surface area contributed by atoms with Gasteiger partial charge in [-0.2, -0.15) is 0 Å². The van der Waals surface area contributed by atoms with E-state index in [0.717, 1.165) is 11.1 Å². The van der Waals surface area contributed by atoms with E-state index in [9.17, 15) is 9.90 Å². The Labute approximate surface area is 156 Å². The quantitative estimate of drug-likeness (QED) is 0.554. The fraction of sp³-hybridized carbons (Fsp3) is 0.0909. The Bertz CT molecular complexity index is 1120. The number of phenols is 1. The number of hydrogen-bond acceptors (Lipinski definition) is 4. The zero-order valence-electron chi connectivity index (χ0n) is 14.8. The number of hydrogen-bond donors (Lipinski definition) is 1. The van der Waals surface area contributed by atoms with Crippen LogP contribution in [0.4, 0.5) is 0 Å². The summed E-state index contributed by atoms with van der Waals surface area (Å²) in [6.45, 7) is 0.561. The van der Waals surface area contributed by atoms with E-state index in [0.29, 0.717) is 29.0 Å². The van der Waals surface area contributed by atoms with Gasteiger partial charge in [0, 0.05) is 6.54 Å². The van der Waals surface area contributed by atoms with Crippen LogP contribution in [-0.2, 0) is 11.3 Å². The first-order valence-corrected chi connectivity index (χ1v) is 8.59. The molecule has 134 valence electrons. The lowest BCUT2D eigenvalue weighted by Gasteiger charge is -2.10. The number of fused-ring (bicyclic) bond motifs is 1. The number of carbonyl (C=O) groups is 1. The van der Waals surface area contributed by atoms with Gasteiger partial charge in [-0.15, -0.1) is 0 Å². The Morgan fingerprint density at radius 1 is 1.00 bits per heavy atom. The molecular weight excluding hydrogens is 340 g/mol. The highest BCUT2D eigenvalue weighted by Gasteiger charge is 2.20. The number of carbonyl (C=O) groups excluding carboxylic acids is 1. The fourth-order valence-corrected chi connectivity index (χ4v) is 3.22. The van der Waals surface area contributed by atoms with Gasteiger partial charge in [-0.3, -0.25) is 0 Å². The van der Waals surface area contributed by atoms with Crippen LogP contribution in [0.3, 0.4) is 0 Å². The highest BCUT2D eigenvalue weighted by Crippen LogP contribution is 2.32. The Kier molecular flexibility index (Phi) is 4.34. The predicted molar refractivity (Wildman–Crippen MR) is 104 cm³/mol. The summed E-state index contributed by atoms with van der Waals surface area (Å²) in [6.07, 6.45) is 0.